The number of amides is 1. The lowest BCUT2D eigenvalue weighted by atomic mass is 10.0. The number of hydrogen-bond donors (Lipinski definition) is 1. The first kappa shape index (κ1) is 15.9. The van der Waals surface area contributed by atoms with E-state index in [2.05, 4.69) is 12.2 Å². The fraction of sp³-hybridized carbons (Fsp3) is 0.562. The summed E-state index contributed by atoms with van der Waals surface area (Å²) in [6, 6.07) is 6.10. The van der Waals surface area contributed by atoms with Crippen molar-refractivity contribution in [2.24, 2.45) is 5.92 Å². The predicted molar refractivity (Wildman–Crippen MR) is 80.8 cm³/mol. The molecule has 2 rings (SSSR count). The van der Waals surface area contributed by atoms with E-state index in [1.165, 1.54) is 12.1 Å². The molecule has 1 amide bonds. The van der Waals surface area contributed by atoms with Gasteiger partial charge in [0.2, 0.25) is 5.91 Å². The van der Waals surface area contributed by atoms with Gasteiger partial charge in [-0.2, -0.15) is 0 Å². The van der Waals surface area contributed by atoms with E-state index in [9.17, 15) is 9.18 Å². The van der Waals surface area contributed by atoms with Crippen molar-refractivity contribution in [1.29, 1.82) is 0 Å². The van der Waals surface area contributed by atoms with Crippen LogP contribution in [0.4, 0.5) is 10.1 Å². The molecule has 0 spiro atoms. The van der Waals surface area contributed by atoms with Crippen molar-refractivity contribution in [3.8, 4) is 0 Å². The molecule has 1 N–H and O–H groups in total. The van der Waals surface area contributed by atoms with Crippen LogP contribution >= 0.6 is 0 Å². The molecule has 0 aromatic heterocycles. The zero-order valence-corrected chi connectivity index (χ0v) is 12.6. The first-order valence-corrected chi connectivity index (χ1v) is 7.55. The van der Waals surface area contributed by atoms with E-state index in [-0.39, 0.29) is 23.7 Å². The third kappa shape index (κ3) is 3.80. The van der Waals surface area contributed by atoms with Crippen LogP contribution in [0.1, 0.15) is 20.3 Å². The largest absolute Gasteiger partial charge is 0.379 e. The summed E-state index contributed by atoms with van der Waals surface area (Å²) in [7, 11) is 0. The number of halogens is 1. The maximum Gasteiger partial charge on any atom is 0.234 e. The Hall–Kier alpha value is -1.46. The maximum atomic E-state index is 13.0. The van der Waals surface area contributed by atoms with Crippen molar-refractivity contribution in [3.05, 3.63) is 30.1 Å². The number of nitrogens with one attached hydrogen (secondary N) is 1. The fourth-order valence-corrected chi connectivity index (χ4v) is 2.62. The van der Waals surface area contributed by atoms with Gasteiger partial charge in [-0.05, 0) is 44.2 Å². The summed E-state index contributed by atoms with van der Waals surface area (Å²) in [5.74, 6) is -0.439. The number of nitrogens with zero attached hydrogens (tertiary/aromatic N) is 1. The van der Waals surface area contributed by atoms with E-state index in [4.69, 9.17) is 4.74 Å². The molecular weight excluding hydrogens is 271 g/mol. The molecule has 5 heteroatoms. The molecule has 0 bridgehead atoms. The summed E-state index contributed by atoms with van der Waals surface area (Å²) < 4.78 is 18.5. The molecule has 116 valence electrons. The second kappa shape index (κ2) is 7.52. The highest BCUT2D eigenvalue weighted by Crippen LogP contribution is 2.22. The third-order valence-electron chi connectivity index (χ3n) is 3.77. The van der Waals surface area contributed by atoms with Crippen molar-refractivity contribution in [2.45, 2.75) is 26.3 Å². The molecule has 0 radical (unpaired) electrons. The van der Waals surface area contributed by atoms with Crippen LogP contribution in [0.15, 0.2) is 24.3 Å². The minimum Gasteiger partial charge on any atom is -0.379 e. The highest BCUT2D eigenvalue weighted by Gasteiger charge is 2.36. The molecule has 1 heterocycles. The Bertz CT molecular complexity index is 464. The summed E-state index contributed by atoms with van der Waals surface area (Å²) >= 11 is 0. The first-order chi connectivity index (χ1) is 10.2. The molecule has 0 aliphatic carbocycles. The highest BCUT2D eigenvalue weighted by atomic mass is 19.1. The van der Waals surface area contributed by atoms with Gasteiger partial charge in [-0.25, -0.2) is 4.39 Å². The molecule has 1 aromatic carbocycles. The number of carbonyl (C=O) groups excluding carboxylic acids is 1. The lowest BCUT2D eigenvalue weighted by Crippen LogP contribution is -2.46. The summed E-state index contributed by atoms with van der Waals surface area (Å²) in [5, 5.41) is 3.37. The van der Waals surface area contributed by atoms with Crippen LogP contribution in [0.25, 0.3) is 0 Å². The monoisotopic (exact) mass is 294 g/mol. The second-order valence-electron chi connectivity index (χ2n) is 5.26. The van der Waals surface area contributed by atoms with Gasteiger partial charge in [-0.15, -0.1) is 0 Å². The van der Waals surface area contributed by atoms with Crippen molar-refractivity contribution in [1.82, 2.24) is 5.32 Å². The molecule has 1 saturated heterocycles. The van der Waals surface area contributed by atoms with Crippen molar-refractivity contribution in [2.75, 3.05) is 31.2 Å². The number of carbonyl (C=O) groups is 1. The van der Waals surface area contributed by atoms with Gasteiger partial charge in [-0.1, -0.05) is 6.92 Å². The standard InChI is InChI=1S/C16H23FN2O2/c1-3-9-18-15-11-21-10-14(15)16(20)19(4-2)13-7-5-12(17)6-8-13/h5-8,14-15,18H,3-4,9-11H2,1-2H3. The maximum absolute atomic E-state index is 13.0. The Morgan fingerprint density at radius 2 is 2.05 bits per heavy atom. The van der Waals surface area contributed by atoms with E-state index < -0.39 is 0 Å². The Morgan fingerprint density at radius 3 is 2.67 bits per heavy atom. The van der Waals surface area contributed by atoms with Gasteiger partial charge in [0, 0.05) is 18.3 Å². The van der Waals surface area contributed by atoms with E-state index in [1.807, 2.05) is 6.92 Å². The van der Waals surface area contributed by atoms with Gasteiger partial charge in [0.25, 0.3) is 0 Å². The van der Waals surface area contributed by atoms with Crippen molar-refractivity contribution >= 4 is 11.6 Å². The SMILES string of the molecule is CCCNC1COCC1C(=O)N(CC)c1ccc(F)cc1. The van der Waals surface area contributed by atoms with Gasteiger partial charge >= 0.3 is 0 Å². The average molecular weight is 294 g/mol. The molecule has 1 aliphatic heterocycles. The normalized spacial score (nSPS) is 21.5. The number of hydrogen-bond acceptors (Lipinski definition) is 3. The van der Waals surface area contributed by atoms with E-state index in [0.717, 1.165) is 18.7 Å². The minimum atomic E-state index is -0.297. The van der Waals surface area contributed by atoms with E-state index in [1.54, 1.807) is 17.0 Å². The lowest BCUT2D eigenvalue weighted by Gasteiger charge is -2.27. The van der Waals surface area contributed by atoms with Gasteiger partial charge < -0.3 is 15.0 Å². The number of benzene rings is 1. The van der Waals surface area contributed by atoms with Crippen LogP contribution in [0, 0.1) is 11.7 Å². The highest BCUT2D eigenvalue weighted by molar-refractivity contribution is 5.95. The molecular formula is C16H23FN2O2. The third-order valence-corrected chi connectivity index (χ3v) is 3.77. The number of rotatable bonds is 6. The minimum absolute atomic E-state index is 0.0372. The molecule has 21 heavy (non-hydrogen) atoms. The average Bonchev–Trinajstić information content (AvgIpc) is 2.96. The van der Waals surface area contributed by atoms with Crippen LogP contribution in [0.2, 0.25) is 0 Å². The number of ether oxygens (including phenoxy) is 1. The van der Waals surface area contributed by atoms with E-state index in [0.29, 0.717) is 19.8 Å². The van der Waals surface area contributed by atoms with Gasteiger partial charge in [-0.3, -0.25) is 4.79 Å². The smallest absolute Gasteiger partial charge is 0.234 e. The predicted octanol–water partition coefficient (Wildman–Crippen LogP) is 2.19. The molecule has 2 unspecified atom stereocenters. The Labute approximate surface area is 125 Å². The van der Waals surface area contributed by atoms with E-state index >= 15 is 0 Å². The van der Waals surface area contributed by atoms with Gasteiger partial charge in [0.15, 0.2) is 0 Å². The van der Waals surface area contributed by atoms with Crippen molar-refractivity contribution < 1.29 is 13.9 Å². The zero-order valence-electron chi connectivity index (χ0n) is 12.6. The zero-order chi connectivity index (χ0) is 15.2. The fourth-order valence-electron chi connectivity index (χ4n) is 2.62. The lowest BCUT2D eigenvalue weighted by molar-refractivity contribution is -0.122. The second-order valence-corrected chi connectivity index (χ2v) is 5.26. The summed E-state index contributed by atoms with van der Waals surface area (Å²) in [5.41, 5.74) is 0.727. The van der Waals surface area contributed by atoms with Crippen LogP contribution < -0.4 is 10.2 Å². The Balaban J connectivity index is 2.10. The molecule has 1 aromatic rings. The number of anilines is 1. The quantitative estimate of drug-likeness (QED) is 0.874. The topological polar surface area (TPSA) is 41.6 Å². The molecule has 4 nitrogen and oxygen atoms in total. The van der Waals surface area contributed by atoms with Gasteiger partial charge in [0.1, 0.15) is 5.82 Å². The van der Waals surface area contributed by atoms with Crippen molar-refractivity contribution in [3.63, 3.8) is 0 Å². The Kier molecular flexibility index (Phi) is 5.70. The summed E-state index contributed by atoms with van der Waals surface area (Å²) in [6.45, 7) is 6.46. The molecule has 2 atom stereocenters. The van der Waals surface area contributed by atoms with Crippen LogP contribution in [-0.4, -0.2) is 38.3 Å². The van der Waals surface area contributed by atoms with Crippen LogP contribution in [0.5, 0.6) is 0 Å². The molecule has 1 fully saturated rings. The Morgan fingerprint density at radius 1 is 1.33 bits per heavy atom. The summed E-state index contributed by atoms with van der Waals surface area (Å²) in [4.78, 5) is 14.4. The first-order valence-electron chi connectivity index (χ1n) is 7.55. The van der Waals surface area contributed by atoms with Crippen LogP contribution in [-0.2, 0) is 9.53 Å². The van der Waals surface area contributed by atoms with Crippen LogP contribution in [0.3, 0.4) is 0 Å². The molecule has 0 saturated carbocycles. The summed E-state index contributed by atoms with van der Waals surface area (Å²) in [6.07, 6.45) is 1.02. The molecule has 1 aliphatic rings. The van der Waals surface area contributed by atoms with Gasteiger partial charge in [0.05, 0.1) is 19.1 Å².